The third-order valence-corrected chi connectivity index (χ3v) is 2.30. The molecule has 2 N–H and O–H groups in total. The Balaban J connectivity index is 3.58. The van der Waals surface area contributed by atoms with Crippen molar-refractivity contribution < 1.29 is 35.1 Å². The molecule has 0 saturated heterocycles. The molecule has 0 heterocycles. The van der Waals surface area contributed by atoms with E-state index < -0.39 is 47.6 Å². The van der Waals surface area contributed by atoms with Crippen molar-refractivity contribution >= 4 is 0 Å². The lowest BCUT2D eigenvalue weighted by atomic mass is 9.97. The zero-order valence-electron chi connectivity index (χ0n) is 9.04. The second-order valence-electron chi connectivity index (χ2n) is 3.68. The van der Waals surface area contributed by atoms with E-state index in [1.165, 1.54) is 0 Å². The maximum absolute atomic E-state index is 13.4. The standard InChI is InChI=1S/C10H7F8N/c11-3-7(19)8-5(10(16,17)18)1-4(2-6(8)12)9(13,14)15/h1-2,7H,3,19H2/t7-/m0/s1. The van der Waals surface area contributed by atoms with Gasteiger partial charge in [0.1, 0.15) is 12.5 Å². The van der Waals surface area contributed by atoms with Crippen LogP contribution >= 0.6 is 0 Å². The van der Waals surface area contributed by atoms with Crippen molar-refractivity contribution in [3.8, 4) is 0 Å². The summed E-state index contributed by atoms with van der Waals surface area (Å²) < 4.78 is 100. The number of benzene rings is 1. The Labute approximate surface area is 102 Å². The number of alkyl halides is 7. The van der Waals surface area contributed by atoms with Crippen molar-refractivity contribution in [2.45, 2.75) is 18.4 Å². The zero-order chi connectivity index (χ0) is 15.0. The topological polar surface area (TPSA) is 26.0 Å². The number of rotatable bonds is 2. The van der Waals surface area contributed by atoms with Crippen LogP contribution in [0.3, 0.4) is 0 Å². The average Bonchev–Trinajstić information content (AvgIpc) is 2.24. The van der Waals surface area contributed by atoms with Crippen LogP contribution in [0.5, 0.6) is 0 Å². The molecule has 108 valence electrons. The molecule has 19 heavy (non-hydrogen) atoms. The van der Waals surface area contributed by atoms with Gasteiger partial charge in [-0.2, -0.15) is 26.3 Å². The normalized spacial score (nSPS) is 14.6. The molecule has 0 aliphatic carbocycles. The van der Waals surface area contributed by atoms with Gasteiger partial charge < -0.3 is 5.73 Å². The Kier molecular flexibility index (Phi) is 4.08. The second-order valence-corrected chi connectivity index (χ2v) is 3.68. The minimum absolute atomic E-state index is 0.139. The van der Waals surface area contributed by atoms with Gasteiger partial charge in [-0.1, -0.05) is 0 Å². The number of hydrogen-bond acceptors (Lipinski definition) is 1. The predicted octanol–water partition coefficient (Wildman–Crippen LogP) is 3.83. The summed E-state index contributed by atoms with van der Waals surface area (Å²) in [4.78, 5) is 0. The van der Waals surface area contributed by atoms with E-state index in [-0.39, 0.29) is 12.1 Å². The molecule has 1 atom stereocenters. The number of hydrogen-bond donors (Lipinski definition) is 1. The fourth-order valence-corrected chi connectivity index (χ4v) is 1.47. The molecule has 0 radical (unpaired) electrons. The molecule has 1 nitrogen and oxygen atoms in total. The molecule has 1 aromatic carbocycles. The Morgan fingerprint density at radius 1 is 1.00 bits per heavy atom. The van der Waals surface area contributed by atoms with E-state index in [9.17, 15) is 35.1 Å². The Hall–Kier alpha value is -1.38. The third kappa shape index (κ3) is 3.34. The summed E-state index contributed by atoms with van der Waals surface area (Å²) in [5.74, 6) is -1.84. The molecule has 0 saturated carbocycles. The molecule has 0 fully saturated rings. The molecular formula is C10H7F8N. The Morgan fingerprint density at radius 3 is 1.89 bits per heavy atom. The summed E-state index contributed by atoms with van der Waals surface area (Å²) in [7, 11) is 0. The summed E-state index contributed by atoms with van der Waals surface area (Å²) in [5, 5.41) is 0. The highest BCUT2D eigenvalue weighted by atomic mass is 19.4. The van der Waals surface area contributed by atoms with Crippen molar-refractivity contribution in [2.75, 3.05) is 6.67 Å². The van der Waals surface area contributed by atoms with E-state index in [2.05, 4.69) is 0 Å². The Bertz CT molecular complexity index is 462. The highest BCUT2D eigenvalue weighted by Gasteiger charge is 2.40. The predicted molar refractivity (Wildman–Crippen MR) is 49.3 cm³/mol. The smallest absolute Gasteiger partial charge is 0.322 e. The summed E-state index contributed by atoms with van der Waals surface area (Å²) in [6.07, 6.45) is -10.4. The summed E-state index contributed by atoms with van der Waals surface area (Å²) in [6.45, 7) is -1.54. The van der Waals surface area contributed by atoms with E-state index in [0.717, 1.165) is 0 Å². The van der Waals surface area contributed by atoms with E-state index >= 15 is 0 Å². The summed E-state index contributed by atoms with van der Waals surface area (Å²) in [6, 6.07) is -2.41. The molecule has 1 aromatic rings. The van der Waals surface area contributed by atoms with E-state index in [0.29, 0.717) is 0 Å². The van der Waals surface area contributed by atoms with Gasteiger partial charge in [0.15, 0.2) is 0 Å². The molecule has 0 unspecified atom stereocenters. The number of halogens is 8. The van der Waals surface area contributed by atoms with E-state index in [4.69, 9.17) is 5.73 Å². The maximum atomic E-state index is 13.4. The van der Waals surface area contributed by atoms with Gasteiger partial charge in [0.25, 0.3) is 0 Å². The van der Waals surface area contributed by atoms with Gasteiger partial charge in [-0.05, 0) is 12.1 Å². The van der Waals surface area contributed by atoms with Crippen molar-refractivity contribution in [1.82, 2.24) is 0 Å². The molecule has 0 spiro atoms. The molecule has 0 aliphatic rings. The van der Waals surface area contributed by atoms with Crippen molar-refractivity contribution in [1.29, 1.82) is 0 Å². The van der Waals surface area contributed by atoms with Crippen molar-refractivity contribution in [3.05, 3.63) is 34.6 Å². The zero-order valence-corrected chi connectivity index (χ0v) is 9.04. The van der Waals surface area contributed by atoms with Crippen LogP contribution in [0.1, 0.15) is 22.7 Å². The molecular weight excluding hydrogens is 286 g/mol. The monoisotopic (exact) mass is 293 g/mol. The maximum Gasteiger partial charge on any atom is 0.416 e. The van der Waals surface area contributed by atoms with Gasteiger partial charge in [0, 0.05) is 5.56 Å². The first-order valence-corrected chi connectivity index (χ1v) is 4.78. The van der Waals surface area contributed by atoms with Crippen molar-refractivity contribution in [2.24, 2.45) is 5.73 Å². The van der Waals surface area contributed by atoms with Crippen molar-refractivity contribution in [3.63, 3.8) is 0 Å². The van der Waals surface area contributed by atoms with Gasteiger partial charge in [0.2, 0.25) is 0 Å². The molecule has 0 bridgehead atoms. The average molecular weight is 293 g/mol. The van der Waals surface area contributed by atoms with Crippen LogP contribution in [0, 0.1) is 5.82 Å². The van der Waals surface area contributed by atoms with Gasteiger partial charge in [0.05, 0.1) is 17.2 Å². The summed E-state index contributed by atoms with van der Waals surface area (Å²) >= 11 is 0. The van der Waals surface area contributed by atoms with Gasteiger partial charge >= 0.3 is 12.4 Å². The first-order valence-electron chi connectivity index (χ1n) is 4.78. The molecule has 0 aromatic heterocycles. The highest BCUT2D eigenvalue weighted by Crippen LogP contribution is 2.40. The highest BCUT2D eigenvalue weighted by molar-refractivity contribution is 5.38. The van der Waals surface area contributed by atoms with Crippen LogP contribution < -0.4 is 5.73 Å². The lowest BCUT2D eigenvalue weighted by Gasteiger charge is -2.19. The Morgan fingerprint density at radius 2 is 1.53 bits per heavy atom. The molecule has 0 aliphatic heterocycles. The third-order valence-electron chi connectivity index (χ3n) is 2.30. The number of nitrogens with two attached hydrogens (primary N) is 1. The largest absolute Gasteiger partial charge is 0.416 e. The van der Waals surface area contributed by atoms with Crippen LogP contribution in [-0.4, -0.2) is 6.67 Å². The first-order chi connectivity index (χ1) is 8.48. The second kappa shape index (κ2) is 4.95. The lowest BCUT2D eigenvalue weighted by molar-refractivity contribution is -0.144. The first kappa shape index (κ1) is 15.7. The van der Waals surface area contributed by atoms with Crippen LogP contribution in [0.15, 0.2) is 12.1 Å². The molecule has 9 heteroatoms. The molecule has 0 amide bonds. The fourth-order valence-electron chi connectivity index (χ4n) is 1.47. The lowest BCUT2D eigenvalue weighted by Crippen LogP contribution is -2.22. The quantitative estimate of drug-likeness (QED) is 0.824. The van der Waals surface area contributed by atoms with Gasteiger partial charge in [-0.15, -0.1) is 0 Å². The van der Waals surface area contributed by atoms with E-state index in [1.54, 1.807) is 0 Å². The SMILES string of the molecule is N[C@@H](CF)c1c(F)cc(C(F)(F)F)cc1C(F)(F)F. The fraction of sp³-hybridized carbons (Fsp3) is 0.400. The van der Waals surface area contributed by atoms with Crippen LogP contribution in [0.25, 0.3) is 0 Å². The summed E-state index contributed by atoms with van der Waals surface area (Å²) in [5.41, 5.74) is -0.1000. The minimum atomic E-state index is -5.27. The van der Waals surface area contributed by atoms with Gasteiger partial charge in [-0.3, -0.25) is 0 Å². The minimum Gasteiger partial charge on any atom is -0.322 e. The van der Waals surface area contributed by atoms with Crippen LogP contribution in [-0.2, 0) is 12.4 Å². The molecule has 1 rings (SSSR count). The van der Waals surface area contributed by atoms with E-state index in [1.807, 2.05) is 0 Å². The van der Waals surface area contributed by atoms with Crippen LogP contribution in [0.2, 0.25) is 0 Å². The van der Waals surface area contributed by atoms with Gasteiger partial charge in [-0.25, -0.2) is 8.78 Å². The van der Waals surface area contributed by atoms with Crippen LogP contribution in [0.4, 0.5) is 35.1 Å².